The Morgan fingerprint density at radius 2 is 1.63 bits per heavy atom. The number of amides is 3. The van der Waals surface area contributed by atoms with Gasteiger partial charge in [0.05, 0.1) is 13.0 Å². The molecule has 0 spiro atoms. The van der Waals surface area contributed by atoms with Gasteiger partial charge in [0.1, 0.15) is 18.4 Å². The molecule has 234 valence electrons. The van der Waals surface area contributed by atoms with Crippen molar-refractivity contribution in [2.75, 3.05) is 26.7 Å². The van der Waals surface area contributed by atoms with Crippen LogP contribution in [0.15, 0.2) is 54.6 Å². The van der Waals surface area contributed by atoms with Crippen LogP contribution >= 0.6 is 0 Å². The third kappa shape index (κ3) is 10.1. The molecule has 0 unspecified atom stereocenters. The van der Waals surface area contributed by atoms with E-state index in [1.165, 1.54) is 0 Å². The minimum Gasteiger partial charge on any atom is -0.497 e. The van der Waals surface area contributed by atoms with Crippen molar-refractivity contribution in [3.8, 4) is 5.75 Å². The van der Waals surface area contributed by atoms with E-state index in [0.29, 0.717) is 43.7 Å². The molecule has 1 aliphatic heterocycles. The van der Waals surface area contributed by atoms with E-state index in [-0.39, 0.29) is 36.7 Å². The number of hydrogen-bond donors (Lipinski definition) is 2. The van der Waals surface area contributed by atoms with E-state index in [4.69, 9.17) is 9.47 Å². The van der Waals surface area contributed by atoms with E-state index < -0.39 is 23.5 Å². The van der Waals surface area contributed by atoms with Crippen LogP contribution in [0.5, 0.6) is 5.75 Å². The van der Waals surface area contributed by atoms with Crippen LogP contribution in [0.3, 0.4) is 0 Å². The third-order valence-electron chi connectivity index (χ3n) is 7.93. The first-order valence-corrected chi connectivity index (χ1v) is 15.3. The van der Waals surface area contributed by atoms with E-state index in [9.17, 15) is 19.2 Å². The summed E-state index contributed by atoms with van der Waals surface area (Å²) in [6, 6.07) is 15.7. The van der Waals surface area contributed by atoms with Crippen LogP contribution in [0.25, 0.3) is 0 Å². The van der Waals surface area contributed by atoms with Crippen molar-refractivity contribution in [3.63, 3.8) is 0 Å². The highest BCUT2D eigenvalue weighted by Gasteiger charge is 2.38. The number of likely N-dealkylation sites (tertiary alicyclic amines) is 1. The van der Waals surface area contributed by atoms with Crippen molar-refractivity contribution in [3.05, 3.63) is 65.7 Å². The second-order valence-electron chi connectivity index (χ2n) is 12.3. The summed E-state index contributed by atoms with van der Waals surface area (Å²) in [5, 5.41) is 5.74. The second kappa shape index (κ2) is 16.1. The first-order valence-electron chi connectivity index (χ1n) is 15.3. The van der Waals surface area contributed by atoms with Crippen molar-refractivity contribution in [2.24, 2.45) is 17.3 Å². The van der Waals surface area contributed by atoms with Gasteiger partial charge >= 0.3 is 6.09 Å². The lowest BCUT2D eigenvalue weighted by molar-refractivity contribution is -0.141. The number of methoxy groups -OCH3 is 1. The van der Waals surface area contributed by atoms with Crippen LogP contribution in [0.2, 0.25) is 0 Å². The smallest absolute Gasteiger partial charge is 0.407 e. The molecule has 1 saturated heterocycles. The molecule has 0 aliphatic carbocycles. The normalized spacial score (nSPS) is 15.2. The monoisotopic (exact) mass is 593 g/mol. The second-order valence-corrected chi connectivity index (χ2v) is 12.3. The van der Waals surface area contributed by atoms with Crippen molar-refractivity contribution in [2.45, 2.75) is 72.4 Å². The maximum absolute atomic E-state index is 13.7. The molecule has 1 aliphatic rings. The zero-order valence-electron chi connectivity index (χ0n) is 26.2. The Kier molecular flexibility index (Phi) is 12.6. The van der Waals surface area contributed by atoms with Crippen LogP contribution in [0.4, 0.5) is 4.79 Å². The average Bonchev–Trinajstić information content (AvgIpc) is 3.02. The number of nitrogens with one attached hydrogen (secondary N) is 2. The number of carbonyl (C=O) groups is 4. The minimum absolute atomic E-state index is 0.0731. The highest BCUT2D eigenvalue weighted by atomic mass is 16.5. The van der Waals surface area contributed by atoms with Crippen LogP contribution in [0, 0.1) is 17.3 Å². The van der Waals surface area contributed by atoms with Gasteiger partial charge in [0.25, 0.3) is 0 Å². The molecule has 3 amide bonds. The summed E-state index contributed by atoms with van der Waals surface area (Å²) in [7, 11) is 1.59. The molecule has 0 radical (unpaired) electrons. The van der Waals surface area contributed by atoms with Crippen molar-refractivity contribution < 1.29 is 28.7 Å². The largest absolute Gasteiger partial charge is 0.497 e. The molecule has 2 aromatic rings. The quantitative estimate of drug-likeness (QED) is 0.302. The number of piperidine rings is 1. The lowest BCUT2D eigenvalue weighted by Crippen LogP contribution is -2.57. The predicted octanol–water partition coefficient (Wildman–Crippen LogP) is 5.38. The number of hydrogen-bond acceptors (Lipinski definition) is 6. The molecule has 43 heavy (non-hydrogen) atoms. The third-order valence-corrected chi connectivity index (χ3v) is 7.93. The maximum atomic E-state index is 13.7. The van der Waals surface area contributed by atoms with Crippen LogP contribution in [0.1, 0.15) is 75.7 Å². The van der Waals surface area contributed by atoms with Gasteiger partial charge in [-0.25, -0.2) is 4.79 Å². The van der Waals surface area contributed by atoms with E-state index in [1.807, 2.05) is 58.0 Å². The standard InChI is InChI=1S/C34H47N3O6/c1-6-7-13-27(22-35-33(41)43-23-24-11-9-8-10-12-24)31(39)36-30(34(2,3)4)32(40)37-20-18-26(19-21-37)29(38)25-14-16-28(42-5)17-15-25/h8-12,14-17,26-27,30H,6-7,13,18-23H2,1-5H3,(H,35,41)(H,36,39)/t27-,30-/m1/s1. The van der Waals surface area contributed by atoms with Crippen LogP contribution in [-0.2, 0) is 20.9 Å². The lowest BCUT2D eigenvalue weighted by Gasteiger charge is -2.38. The Labute approximate surface area is 255 Å². The van der Waals surface area contributed by atoms with Gasteiger partial charge in [-0.15, -0.1) is 0 Å². The number of ether oxygens (including phenoxy) is 2. The highest BCUT2D eigenvalue weighted by Crippen LogP contribution is 2.27. The minimum atomic E-state index is -0.747. The first kappa shape index (κ1) is 33.6. The van der Waals surface area contributed by atoms with Crippen LogP contribution < -0.4 is 15.4 Å². The van der Waals surface area contributed by atoms with Crippen molar-refractivity contribution in [1.29, 1.82) is 0 Å². The van der Waals surface area contributed by atoms with Gasteiger partial charge < -0.3 is 25.0 Å². The number of benzene rings is 2. The number of rotatable bonds is 13. The molecule has 9 nitrogen and oxygen atoms in total. The Morgan fingerprint density at radius 3 is 2.21 bits per heavy atom. The van der Waals surface area contributed by atoms with Gasteiger partial charge in [-0.05, 0) is 54.5 Å². The molecule has 2 aromatic carbocycles. The van der Waals surface area contributed by atoms with E-state index in [0.717, 1.165) is 18.4 Å². The van der Waals surface area contributed by atoms with Crippen molar-refractivity contribution >= 4 is 23.7 Å². The predicted molar refractivity (Wildman–Crippen MR) is 166 cm³/mol. The summed E-state index contributed by atoms with van der Waals surface area (Å²) >= 11 is 0. The summed E-state index contributed by atoms with van der Waals surface area (Å²) in [6.07, 6.45) is 2.82. The Hall–Kier alpha value is -3.88. The Balaban J connectivity index is 1.58. The molecule has 0 saturated carbocycles. The zero-order chi connectivity index (χ0) is 31.4. The SMILES string of the molecule is CCCC[C@H](CNC(=O)OCc1ccccc1)C(=O)N[C@H](C(=O)N1CCC(C(=O)c2ccc(OC)cc2)CC1)C(C)(C)C. The van der Waals surface area contributed by atoms with Gasteiger partial charge in [-0.2, -0.15) is 0 Å². The van der Waals surface area contributed by atoms with Gasteiger partial charge in [0.15, 0.2) is 5.78 Å². The average molecular weight is 594 g/mol. The fraction of sp³-hybridized carbons (Fsp3) is 0.529. The maximum Gasteiger partial charge on any atom is 0.407 e. The van der Waals surface area contributed by atoms with Crippen molar-refractivity contribution in [1.82, 2.24) is 15.5 Å². The molecule has 2 atom stereocenters. The summed E-state index contributed by atoms with van der Waals surface area (Å²) in [5.41, 5.74) is 0.972. The molecule has 9 heteroatoms. The number of carbonyl (C=O) groups excluding carboxylic acids is 4. The summed E-state index contributed by atoms with van der Waals surface area (Å²) < 4.78 is 10.5. The van der Waals surface area contributed by atoms with Gasteiger partial charge in [0, 0.05) is 31.1 Å². The van der Waals surface area contributed by atoms with E-state index >= 15 is 0 Å². The number of Topliss-reactive ketones (excluding diaryl/α,β-unsaturated/α-hetero) is 1. The first-order chi connectivity index (χ1) is 20.5. The molecule has 3 rings (SSSR count). The van der Waals surface area contributed by atoms with Gasteiger partial charge in [-0.3, -0.25) is 14.4 Å². The lowest BCUT2D eigenvalue weighted by atomic mass is 9.83. The molecular formula is C34H47N3O6. The Bertz CT molecular complexity index is 1200. The van der Waals surface area contributed by atoms with Crippen LogP contribution in [-0.4, -0.2) is 61.4 Å². The molecule has 0 aromatic heterocycles. The van der Waals surface area contributed by atoms with E-state index in [2.05, 4.69) is 10.6 Å². The highest BCUT2D eigenvalue weighted by molar-refractivity contribution is 5.98. The fourth-order valence-corrected chi connectivity index (χ4v) is 5.20. The number of ketones is 1. The summed E-state index contributed by atoms with van der Waals surface area (Å²) in [6.45, 7) is 8.97. The molecule has 1 heterocycles. The topological polar surface area (TPSA) is 114 Å². The zero-order valence-corrected chi connectivity index (χ0v) is 26.2. The molecule has 1 fully saturated rings. The molecule has 0 bridgehead atoms. The fourth-order valence-electron chi connectivity index (χ4n) is 5.20. The van der Waals surface area contributed by atoms with Gasteiger partial charge in [-0.1, -0.05) is 70.9 Å². The summed E-state index contributed by atoms with van der Waals surface area (Å²) in [5.74, 6) is -0.316. The number of nitrogens with zero attached hydrogens (tertiary/aromatic N) is 1. The van der Waals surface area contributed by atoms with Gasteiger partial charge in [0.2, 0.25) is 11.8 Å². The number of alkyl carbamates (subject to hydrolysis) is 1. The summed E-state index contributed by atoms with van der Waals surface area (Å²) in [4.78, 5) is 54.4. The molecule has 2 N–H and O–H groups in total. The molecular weight excluding hydrogens is 546 g/mol. The number of unbranched alkanes of at least 4 members (excludes halogenated alkanes) is 1. The van der Waals surface area contributed by atoms with E-state index in [1.54, 1.807) is 36.3 Å². The Morgan fingerprint density at radius 1 is 0.977 bits per heavy atom.